The van der Waals surface area contributed by atoms with Gasteiger partial charge in [-0.1, -0.05) is 60.7 Å². The highest BCUT2D eigenvalue weighted by atomic mass is 127. The van der Waals surface area contributed by atoms with E-state index in [0.717, 1.165) is 11.1 Å². The summed E-state index contributed by atoms with van der Waals surface area (Å²) in [6.07, 6.45) is 1.58. The van der Waals surface area contributed by atoms with Crippen molar-refractivity contribution in [2.24, 2.45) is 0 Å². The van der Waals surface area contributed by atoms with E-state index in [1.165, 1.54) is 0 Å². The molecular formula is C20H20FIN2OSi. The Labute approximate surface area is 167 Å². The van der Waals surface area contributed by atoms with E-state index in [1.807, 2.05) is 83.3 Å². The maximum absolute atomic E-state index is 15.0. The fourth-order valence-electron chi connectivity index (χ4n) is 2.99. The summed E-state index contributed by atoms with van der Waals surface area (Å²) in [5, 5.41) is 0. The molecule has 3 nitrogen and oxygen atoms in total. The van der Waals surface area contributed by atoms with Crippen LogP contribution in [0.5, 0.6) is 0 Å². The largest absolute Gasteiger partial charge is 0.399 e. The maximum atomic E-state index is 15.0. The zero-order valence-corrected chi connectivity index (χ0v) is 18.1. The van der Waals surface area contributed by atoms with Gasteiger partial charge in [-0.25, -0.2) is 9.97 Å². The van der Waals surface area contributed by atoms with Crippen LogP contribution in [0.2, 0.25) is 19.6 Å². The van der Waals surface area contributed by atoms with Gasteiger partial charge >= 0.3 is 0 Å². The second-order valence-corrected chi connectivity index (χ2v) is 12.5. The second-order valence-electron chi connectivity index (χ2n) is 6.96. The summed E-state index contributed by atoms with van der Waals surface area (Å²) < 4.78 is 22.3. The normalized spacial score (nSPS) is 12.2. The Balaban J connectivity index is 2.39. The van der Waals surface area contributed by atoms with Gasteiger partial charge in [0.1, 0.15) is 9.39 Å². The summed E-state index contributed by atoms with van der Waals surface area (Å²) in [5.74, 6) is -0.608. The van der Waals surface area contributed by atoms with Crippen molar-refractivity contribution < 1.29 is 8.82 Å². The number of hydrogen-bond acceptors (Lipinski definition) is 3. The third kappa shape index (κ3) is 3.87. The number of rotatable bonds is 5. The van der Waals surface area contributed by atoms with Gasteiger partial charge in [-0.2, -0.15) is 4.39 Å². The van der Waals surface area contributed by atoms with Crippen molar-refractivity contribution in [1.29, 1.82) is 0 Å². The van der Waals surface area contributed by atoms with Crippen molar-refractivity contribution >= 4 is 30.9 Å². The van der Waals surface area contributed by atoms with E-state index < -0.39 is 19.9 Å². The molecule has 0 aliphatic rings. The zero-order chi connectivity index (χ0) is 18.8. The van der Waals surface area contributed by atoms with Gasteiger partial charge in [0.25, 0.3) is 0 Å². The van der Waals surface area contributed by atoms with Crippen LogP contribution in [0.15, 0.2) is 66.9 Å². The summed E-state index contributed by atoms with van der Waals surface area (Å²) >= 11 is 1.96. The highest BCUT2D eigenvalue weighted by molar-refractivity contribution is 14.1. The van der Waals surface area contributed by atoms with E-state index in [4.69, 9.17) is 4.43 Å². The van der Waals surface area contributed by atoms with E-state index in [1.54, 1.807) is 6.20 Å². The van der Waals surface area contributed by atoms with Gasteiger partial charge in [-0.05, 0) is 53.4 Å². The SMILES string of the molecule is C[Si](C)(C)OC(c1ccccc1)(c1ccccc1)c1ncc(I)nc1F. The molecule has 0 amide bonds. The average molecular weight is 478 g/mol. The summed E-state index contributed by atoms with van der Waals surface area (Å²) in [5.41, 5.74) is 0.720. The first kappa shape index (κ1) is 19.1. The molecule has 0 spiro atoms. The van der Waals surface area contributed by atoms with Crippen LogP contribution in [0.3, 0.4) is 0 Å². The van der Waals surface area contributed by atoms with Gasteiger partial charge in [0.15, 0.2) is 13.9 Å². The number of hydrogen-bond donors (Lipinski definition) is 0. The Morgan fingerprint density at radius 1 is 0.923 bits per heavy atom. The number of benzene rings is 2. The lowest BCUT2D eigenvalue weighted by Gasteiger charge is -2.39. The molecule has 2 aromatic carbocycles. The fraction of sp³-hybridized carbons (Fsp3) is 0.200. The van der Waals surface area contributed by atoms with Crippen LogP contribution in [-0.4, -0.2) is 18.3 Å². The van der Waals surface area contributed by atoms with Crippen molar-refractivity contribution in [3.05, 3.63) is 93.3 Å². The van der Waals surface area contributed by atoms with Crippen molar-refractivity contribution in [1.82, 2.24) is 9.97 Å². The van der Waals surface area contributed by atoms with Crippen LogP contribution in [0.1, 0.15) is 16.8 Å². The quantitative estimate of drug-likeness (QED) is 0.366. The molecule has 134 valence electrons. The van der Waals surface area contributed by atoms with Gasteiger partial charge < -0.3 is 4.43 Å². The molecule has 0 fully saturated rings. The third-order valence-electron chi connectivity index (χ3n) is 3.85. The molecular weight excluding hydrogens is 458 g/mol. The summed E-state index contributed by atoms with van der Waals surface area (Å²) in [6, 6.07) is 19.4. The molecule has 0 aliphatic carbocycles. The van der Waals surface area contributed by atoms with E-state index in [0.29, 0.717) is 3.70 Å². The first-order chi connectivity index (χ1) is 12.3. The van der Waals surface area contributed by atoms with Crippen molar-refractivity contribution in [2.75, 3.05) is 0 Å². The molecule has 1 aromatic heterocycles. The molecule has 0 atom stereocenters. The van der Waals surface area contributed by atoms with Crippen molar-refractivity contribution in [3.8, 4) is 0 Å². The Bertz CT molecular complexity index is 846. The molecule has 1 heterocycles. The molecule has 6 heteroatoms. The van der Waals surface area contributed by atoms with Crippen LogP contribution >= 0.6 is 22.6 Å². The highest BCUT2D eigenvalue weighted by Crippen LogP contribution is 2.42. The second kappa shape index (κ2) is 7.54. The van der Waals surface area contributed by atoms with Gasteiger partial charge in [0.05, 0.1) is 6.20 Å². The molecule has 0 unspecified atom stereocenters. The fourth-order valence-corrected chi connectivity index (χ4v) is 4.60. The summed E-state index contributed by atoms with van der Waals surface area (Å²) in [6.45, 7) is 6.27. The Hall–Kier alpha value is -1.64. The van der Waals surface area contributed by atoms with Gasteiger partial charge in [-0.3, -0.25) is 0 Å². The molecule has 3 rings (SSSR count). The highest BCUT2D eigenvalue weighted by Gasteiger charge is 2.44. The maximum Gasteiger partial charge on any atom is 0.239 e. The Morgan fingerprint density at radius 2 is 1.42 bits per heavy atom. The predicted octanol–water partition coefficient (Wildman–Crippen LogP) is 5.36. The molecule has 0 radical (unpaired) electrons. The molecule has 0 saturated heterocycles. The van der Waals surface area contributed by atoms with E-state index in [9.17, 15) is 0 Å². The lowest BCUT2D eigenvalue weighted by atomic mass is 9.83. The Morgan fingerprint density at radius 3 is 1.85 bits per heavy atom. The molecule has 0 N–H and O–H groups in total. The van der Waals surface area contributed by atoms with Crippen LogP contribution in [0, 0.1) is 9.65 Å². The topological polar surface area (TPSA) is 35.0 Å². The van der Waals surface area contributed by atoms with E-state index in [-0.39, 0.29) is 5.69 Å². The number of aromatic nitrogens is 2. The van der Waals surface area contributed by atoms with E-state index >= 15 is 4.39 Å². The minimum Gasteiger partial charge on any atom is -0.399 e. The standard InChI is InChI=1S/C20H20FIN2OSi/c1-26(2,3)25-20(15-10-6-4-7-11-15,16-12-8-5-9-13-16)18-19(21)24-17(22)14-23-18/h4-14H,1-3H3. The van der Waals surface area contributed by atoms with Crippen LogP contribution in [0.4, 0.5) is 4.39 Å². The molecule has 0 bridgehead atoms. The molecule has 26 heavy (non-hydrogen) atoms. The predicted molar refractivity (Wildman–Crippen MR) is 112 cm³/mol. The lowest BCUT2D eigenvalue weighted by Crippen LogP contribution is -2.44. The van der Waals surface area contributed by atoms with Gasteiger partial charge in [-0.15, -0.1) is 0 Å². The number of nitrogens with zero attached hydrogens (tertiary/aromatic N) is 2. The first-order valence-corrected chi connectivity index (χ1v) is 12.8. The average Bonchev–Trinajstić information content (AvgIpc) is 2.61. The third-order valence-corrected chi connectivity index (χ3v) is 5.29. The molecule has 3 aromatic rings. The first-order valence-electron chi connectivity index (χ1n) is 8.33. The summed E-state index contributed by atoms with van der Waals surface area (Å²) in [7, 11) is -2.11. The Kier molecular flexibility index (Phi) is 5.54. The van der Waals surface area contributed by atoms with Crippen molar-refractivity contribution in [2.45, 2.75) is 25.2 Å². The molecule has 0 aliphatic heterocycles. The molecule has 0 saturated carbocycles. The minimum absolute atomic E-state index is 0.192. The van der Waals surface area contributed by atoms with Crippen LogP contribution < -0.4 is 0 Å². The van der Waals surface area contributed by atoms with Gasteiger partial charge in [0, 0.05) is 0 Å². The zero-order valence-electron chi connectivity index (χ0n) is 14.9. The van der Waals surface area contributed by atoms with E-state index in [2.05, 4.69) is 29.6 Å². The van der Waals surface area contributed by atoms with Gasteiger partial charge in [0.2, 0.25) is 5.95 Å². The number of halogens is 2. The van der Waals surface area contributed by atoms with Crippen molar-refractivity contribution in [3.63, 3.8) is 0 Å². The van der Waals surface area contributed by atoms with Crippen LogP contribution in [0.25, 0.3) is 0 Å². The monoisotopic (exact) mass is 478 g/mol. The summed E-state index contributed by atoms with van der Waals surface area (Å²) in [4.78, 5) is 8.45. The lowest BCUT2D eigenvalue weighted by molar-refractivity contribution is 0.135. The smallest absolute Gasteiger partial charge is 0.239 e. The van der Waals surface area contributed by atoms with Crippen LogP contribution in [-0.2, 0) is 10.0 Å². The minimum atomic E-state index is -2.11.